The molecule has 8 aromatic carbocycles. The Morgan fingerprint density at radius 3 is 0.979 bits per heavy atom. The van der Waals surface area contributed by atoms with Gasteiger partial charge in [0.2, 0.25) is 0 Å². The molecular weight excluding hydrogens is 585 g/mol. The number of benzene rings is 8. The van der Waals surface area contributed by atoms with Gasteiger partial charge in [0, 0.05) is 22.3 Å². The normalized spacial score (nSPS) is 11.1. The fourth-order valence-electron chi connectivity index (χ4n) is 6.67. The van der Waals surface area contributed by atoms with Crippen molar-refractivity contribution >= 4 is 33.1 Å². The lowest BCUT2D eigenvalue weighted by molar-refractivity contribution is 0.103. The molecule has 226 valence electrons. The summed E-state index contributed by atoms with van der Waals surface area (Å²) in [5.41, 5.74) is 9.06. The van der Waals surface area contributed by atoms with Crippen LogP contribution in [0.3, 0.4) is 0 Å². The van der Waals surface area contributed by atoms with Crippen molar-refractivity contribution in [3.63, 3.8) is 0 Å². The van der Waals surface area contributed by atoms with Crippen LogP contribution in [0.2, 0.25) is 0 Å². The quantitative estimate of drug-likeness (QED) is 0.167. The lowest BCUT2D eigenvalue weighted by Crippen LogP contribution is -2.03. The zero-order valence-electron chi connectivity index (χ0n) is 26.1. The molecule has 0 aromatic heterocycles. The third-order valence-electron chi connectivity index (χ3n) is 9.13. The Hall–Kier alpha value is -6.38. The van der Waals surface area contributed by atoms with Crippen LogP contribution < -0.4 is 0 Å². The second-order valence-corrected chi connectivity index (χ2v) is 12.0. The highest BCUT2D eigenvalue weighted by molar-refractivity contribution is 6.19. The van der Waals surface area contributed by atoms with E-state index >= 15 is 0 Å². The van der Waals surface area contributed by atoms with E-state index in [0.717, 1.165) is 54.9 Å². The molecule has 0 aliphatic carbocycles. The van der Waals surface area contributed by atoms with Crippen LogP contribution in [0.1, 0.15) is 31.8 Å². The van der Waals surface area contributed by atoms with E-state index in [-0.39, 0.29) is 11.6 Å². The van der Waals surface area contributed by atoms with E-state index in [2.05, 4.69) is 36.4 Å². The molecule has 0 N–H and O–H groups in total. The first-order chi connectivity index (χ1) is 23.7. The van der Waals surface area contributed by atoms with E-state index in [1.165, 1.54) is 0 Å². The van der Waals surface area contributed by atoms with E-state index in [4.69, 9.17) is 0 Å². The minimum absolute atomic E-state index is 0.0104. The minimum atomic E-state index is -0.0104. The average molecular weight is 615 g/mol. The molecule has 0 atom stereocenters. The van der Waals surface area contributed by atoms with Gasteiger partial charge in [0.1, 0.15) is 0 Å². The summed E-state index contributed by atoms with van der Waals surface area (Å²) in [6.07, 6.45) is 0. The molecule has 0 aliphatic rings. The van der Waals surface area contributed by atoms with Crippen LogP contribution in [0.25, 0.3) is 54.9 Å². The Morgan fingerprint density at radius 1 is 0.271 bits per heavy atom. The standard InChI is InChI=1S/C46H30O2/c47-45(43-29-27-37(33-11-3-1-4-12-33)39-15-7-9-17-41(39)43)35-23-19-31(20-24-35)32-21-25-36(26-22-32)46(48)44-30-28-38(34-13-5-2-6-14-34)40-16-8-10-18-42(40)44/h1-30H. The van der Waals surface area contributed by atoms with E-state index in [1.54, 1.807) is 0 Å². The smallest absolute Gasteiger partial charge is 0.193 e. The highest BCUT2D eigenvalue weighted by Crippen LogP contribution is 2.34. The summed E-state index contributed by atoms with van der Waals surface area (Å²) in [6.45, 7) is 0. The summed E-state index contributed by atoms with van der Waals surface area (Å²) in [7, 11) is 0. The number of carbonyl (C=O) groups excluding carboxylic acids is 2. The van der Waals surface area contributed by atoms with Gasteiger partial charge in [-0.2, -0.15) is 0 Å². The second kappa shape index (κ2) is 12.4. The molecule has 0 heterocycles. The first kappa shape index (κ1) is 29.1. The number of rotatable bonds is 7. The van der Waals surface area contributed by atoms with Gasteiger partial charge in [0.15, 0.2) is 11.6 Å². The van der Waals surface area contributed by atoms with Crippen molar-refractivity contribution in [2.45, 2.75) is 0 Å². The molecule has 0 spiro atoms. The minimum Gasteiger partial charge on any atom is -0.289 e. The monoisotopic (exact) mass is 614 g/mol. The van der Waals surface area contributed by atoms with Crippen molar-refractivity contribution < 1.29 is 9.59 Å². The Labute approximate surface area is 279 Å². The van der Waals surface area contributed by atoms with Crippen LogP contribution in [0, 0.1) is 0 Å². The summed E-state index contributed by atoms with van der Waals surface area (Å²) in [4.78, 5) is 27.5. The molecule has 0 saturated carbocycles. The maximum Gasteiger partial charge on any atom is 0.193 e. The molecule has 0 bridgehead atoms. The molecule has 0 radical (unpaired) electrons. The van der Waals surface area contributed by atoms with Crippen molar-refractivity contribution in [3.8, 4) is 33.4 Å². The lowest BCUT2D eigenvalue weighted by atomic mass is 9.91. The van der Waals surface area contributed by atoms with Crippen molar-refractivity contribution in [1.82, 2.24) is 0 Å². The predicted octanol–water partition coefficient (Wildman–Crippen LogP) is 11.5. The molecule has 0 amide bonds. The van der Waals surface area contributed by atoms with Crippen molar-refractivity contribution in [2.75, 3.05) is 0 Å². The van der Waals surface area contributed by atoms with E-state index < -0.39 is 0 Å². The van der Waals surface area contributed by atoms with Crippen LogP contribution in [-0.2, 0) is 0 Å². The third-order valence-corrected chi connectivity index (χ3v) is 9.13. The fourth-order valence-corrected chi connectivity index (χ4v) is 6.67. The predicted molar refractivity (Wildman–Crippen MR) is 198 cm³/mol. The van der Waals surface area contributed by atoms with Gasteiger partial charge in [-0.3, -0.25) is 9.59 Å². The Bertz CT molecular complexity index is 2260. The number of hydrogen-bond donors (Lipinski definition) is 0. The molecular formula is C46H30O2. The number of fused-ring (bicyclic) bond motifs is 2. The van der Waals surface area contributed by atoms with Crippen molar-refractivity contribution in [3.05, 3.63) is 204 Å². The van der Waals surface area contributed by atoms with Gasteiger partial charge in [-0.25, -0.2) is 0 Å². The third kappa shape index (κ3) is 5.30. The van der Waals surface area contributed by atoms with E-state index in [1.807, 2.05) is 146 Å². The summed E-state index contributed by atoms with van der Waals surface area (Å²) in [6, 6.07) is 60.1. The molecule has 8 aromatic rings. The largest absolute Gasteiger partial charge is 0.289 e. The maximum absolute atomic E-state index is 13.8. The van der Waals surface area contributed by atoms with Crippen LogP contribution in [0.15, 0.2) is 182 Å². The van der Waals surface area contributed by atoms with Crippen LogP contribution in [-0.4, -0.2) is 11.6 Å². The number of carbonyl (C=O) groups is 2. The first-order valence-corrected chi connectivity index (χ1v) is 16.1. The summed E-state index contributed by atoms with van der Waals surface area (Å²) in [5, 5.41) is 3.99. The molecule has 0 fully saturated rings. The average Bonchev–Trinajstić information content (AvgIpc) is 3.17. The molecule has 2 heteroatoms. The van der Waals surface area contributed by atoms with Gasteiger partial charge in [-0.15, -0.1) is 0 Å². The lowest BCUT2D eigenvalue weighted by Gasteiger charge is -2.12. The van der Waals surface area contributed by atoms with Crippen LogP contribution in [0.4, 0.5) is 0 Å². The van der Waals surface area contributed by atoms with Crippen molar-refractivity contribution in [2.24, 2.45) is 0 Å². The van der Waals surface area contributed by atoms with Gasteiger partial charge >= 0.3 is 0 Å². The Kier molecular flexibility index (Phi) is 7.52. The van der Waals surface area contributed by atoms with Gasteiger partial charge in [0.25, 0.3) is 0 Å². The highest BCUT2D eigenvalue weighted by Gasteiger charge is 2.17. The molecule has 48 heavy (non-hydrogen) atoms. The molecule has 0 unspecified atom stereocenters. The molecule has 2 nitrogen and oxygen atoms in total. The van der Waals surface area contributed by atoms with Gasteiger partial charge in [0.05, 0.1) is 0 Å². The fraction of sp³-hybridized carbons (Fsp3) is 0. The molecule has 0 aliphatic heterocycles. The topological polar surface area (TPSA) is 34.1 Å². The first-order valence-electron chi connectivity index (χ1n) is 16.1. The van der Waals surface area contributed by atoms with Gasteiger partial charge in [-0.1, -0.05) is 170 Å². The van der Waals surface area contributed by atoms with E-state index in [0.29, 0.717) is 22.3 Å². The highest BCUT2D eigenvalue weighted by atomic mass is 16.1. The zero-order valence-corrected chi connectivity index (χ0v) is 26.1. The summed E-state index contributed by atoms with van der Waals surface area (Å²) >= 11 is 0. The number of hydrogen-bond acceptors (Lipinski definition) is 2. The second-order valence-electron chi connectivity index (χ2n) is 12.0. The SMILES string of the molecule is O=C(c1ccc(-c2ccc(C(=O)c3ccc(-c4ccccc4)c4ccccc34)cc2)cc1)c1ccc(-c2ccccc2)c2ccccc12. The molecule has 0 saturated heterocycles. The van der Waals surface area contributed by atoms with Crippen LogP contribution >= 0.6 is 0 Å². The zero-order chi connectivity index (χ0) is 32.5. The number of ketones is 2. The summed E-state index contributed by atoms with van der Waals surface area (Å²) < 4.78 is 0. The van der Waals surface area contributed by atoms with E-state index in [9.17, 15) is 9.59 Å². The molecule has 8 rings (SSSR count). The maximum atomic E-state index is 13.8. The van der Waals surface area contributed by atoms with Gasteiger partial charge < -0.3 is 0 Å². The van der Waals surface area contributed by atoms with Crippen LogP contribution in [0.5, 0.6) is 0 Å². The van der Waals surface area contributed by atoms with Gasteiger partial charge in [-0.05, 0) is 67.1 Å². The summed E-state index contributed by atoms with van der Waals surface area (Å²) in [5.74, 6) is -0.0207. The Morgan fingerprint density at radius 2 is 0.604 bits per heavy atom. The Balaban J connectivity index is 1.05. The van der Waals surface area contributed by atoms with Crippen molar-refractivity contribution in [1.29, 1.82) is 0 Å².